The Hall–Kier alpha value is -1.95. The van der Waals surface area contributed by atoms with E-state index in [1.807, 2.05) is 6.92 Å². The Kier molecular flexibility index (Phi) is 4.04. The van der Waals surface area contributed by atoms with Gasteiger partial charge in [0.25, 0.3) is 5.69 Å². The van der Waals surface area contributed by atoms with Crippen LogP contribution in [0.5, 0.6) is 0 Å². The van der Waals surface area contributed by atoms with Crippen molar-refractivity contribution in [3.05, 3.63) is 39.9 Å². The predicted molar refractivity (Wildman–Crippen MR) is 74.9 cm³/mol. The van der Waals surface area contributed by atoms with Crippen LogP contribution in [0.3, 0.4) is 0 Å². The van der Waals surface area contributed by atoms with Crippen molar-refractivity contribution >= 4 is 11.6 Å². The van der Waals surface area contributed by atoms with Gasteiger partial charge in [-0.05, 0) is 19.8 Å². The normalized spacial score (nSPS) is 25.4. The van der Waals surface area contributed by atoms with Crippen LogP contribution in [-0.4, -0.2) is 16.9 Å². The fourth-order valence-corrected chi connectivity index (χ4v) is 2.69. The summed E-state index contributed by atoms with van der Waals surface area (Å²) in [6, 6.07) is 6.27. The first-order valence-electron chi connectivity index (χ1n) is 6.71. The molecule has 0 radical (unpaired) electrons. The van der Waals surface area contributed by atoms with E-state index >= 15 is 0 Å². The number of para-hydroxylation sites is 1. The van der Waals surface area contributed by atoms with Gasteiger partial charge in [0.05, 0.1) is 10.3 Å². The van der Waals surface area contributed by atoms with Crippen molar-refractivity contribution in [2.75, 3.05) is 0 Å². The van der Waals surface area contributed by atoms with Gasteiger partial charge in [0.2, 0.25) is 5.91 Å². The lowest BCUT2D eigenvalue weighted by molar-refractivity contribution is -0.385. The second-order valence-corrected chi connectivity index (χ2v) is 5.48. The first kappa shape index (κ1) is 14.5. The third kappa shape index (κ3) is 2.65. The van der Waals surface area contributed by atoms with Gasteiger partial charge >= 0.3 is 0 Å². The van der Waals surface area contributed by atoms with Gasteiger partial charge < -0.3 is 11.1 Å². The monoisotopic (exact) mass is 277 g/mol. The molecule has 20 heavy (non-hydrogen) atoms. The molecule has 1 saturated carbocycles. The van der Waals surface area contributed by atoms with Gasteiger partial charge in [0.15, 0.2) is 0 Å². The molecule has 108 valence electrons. The summed E-state index contributed by atoms with van der Waals surface area (Å²) >= 11 is 0. The van der Waals surface area contributed by atoms with Gasteiger partial charge in [-0.15, -0.1) is 0 Å². The molecule has 2 rings (SSSR count). The molecule has 1 fully saturated rings. The predicted octanol–water partition coefficient (Wildman–Crippen LogP) is 1.73. The molecule has 0 heterocycles. The van der Waals surface area contributed by atoms with Gasteiger partial charge in [0.1, 0.15) is 0 Å². The number of nitrogens with zero attached hydrogens (tertiary/aromatic N) is 1. The lowest BCUT2D eigenvalue weighted by Gasteiger charge is -2.27. The Morgan fingerprint density at radius 1 is 1.55 bits per heavy atom. The van der Waals surface area contributed by atoms with Crippen LogP contribution in [0.2, 0.25) is 0 Å². The minimum absolute atomic E-state index is 0.0219. The highest BCUT2D eigenvalue weighted by Gasteiger charge is 2.42. The smallest absolute Gasteiger partial charge is 0.274 e. The van der Waals surface area contributed by atoms with Crippen molar-refractivity contribution in [1.29, 1.82) is 0 Å². The topological polar surface area (TPSA) is 98.3 Å². The van der Waals surface area contributed by atoms with E-state index in [1.54, 1.807) is 18.2 Å². The number of benzene rings is 1. The largest absolute Gasteiger partial charge is 0.351 e. The van der Waals surface area contributed by atoms with Gasteiger partial charge in [-0.3, -0.25) is 14.9 Å². The van der Waals surface area contributed by atoms with E-state index in [9.17, 15) is 14.9 Å². The summed E-state index contributed by atoms with van der Waals surface area (Å²) in [5.41, 5.74) is 5.95. The van der Waals surface area contributed by atoms with Crippen molar-refractivity contribution < 1.29 is 9.72 Å². The lowest BCUT2D eigenvalue weighted by atomic mass is 9.84. The van der Waals surface area contributed by atoms with E-state index in [0.717, 1.165) is 19.3 Å². The maximum absolute atomic E-state index is 12.3. The molecule has 1 aliphatic rings. The Bertz CT molecular complexity index is 532. The minimum atomic E-state index is -0.566. The first-order valence-corrected chi connectivity index (χ1v) is 6.71. The molecular formula is C14H19N3O3. The van der Waals surface area contributed by atoms with Crippen LogP contribution in [0.1, 0.15) is 31.7 Å². The third-order valence-corrected chi connectivity index (χ3v) is 4.18. The first-order chi connectivity index (χ1) is 9.45. The van der Waals surface area contributed by atoms with E-state index in [0.29, 0.717) is 5.56 Å². The summed E-state index contributed by atoms with van der Waals surface area (Å²) in [5, 5.41) is 13.7. The van der Waals surface area contributed by atoms with E-state index in [2.05, 4.69) is 5.32 Å². The molecule has 0 bridgehead atoms. The van der Waals surface area contributed by atoms with Crippen molar-refractivity contribution in [2.45, 2.75) is 38.8 Å². The summed E-state index contributed by atoms with van der Waals surface area (Å²) in [4.78, 5) is 22.7. The number of nitrogens with one attached hydrogen (secondary N) is 1. The Labute approximate surface area is 117 Å². The van der Waals surface area contributed by atoms with Crippen LogP contribution in [0.15, 0.2) is 24.3 Å². The Balaban J connectivity index is 2.06. The molecule has 1 aliphatic carbocycles. The van der Waals surface area contributed by atoms with Crippen LogP contribution >= 0.6 is 0 Å². The highest BCUT2D eigenvalue weighted by molar-refractivity contribution is 5.83. The molecule has 2 atom stereocenters. The maximum atomic E-state index is 12.3. The molecule has 6 nitrogen and oxygen atoms in total. The average Bonchev–Trinajstić information content (AvgIpc) is 2.77. The number of carbonyl (C=O) groups is 1. The fraction of sp³-hybridized carbons (Fsp3) is 0.500. The van der Waals surface area contributed by atoms with Crippen molar-refractivity contribution in [2.24, 2.45) is 11.1 Å². The van der Waals surface area contributed by atoms with Crippen molar-refractivity contribution in [1.82, 2.24) is 5.32 Å². The molecular weight excluding hydrogens is 258 g/mol. The zero-order valence-electron chi connectivity index (χ0n) is 11.5. The highest BCUT2D eigenvalue weighted by Crippen LogP contribution is 2.36. The molecule has 2 unspecified atom stereocenters. The number of amides is 1. The summed E-state index contributed by atoms with van der Waals surface area (Å²) in [6.07, 6.45) is 2.54. The maximum Gasteiger partial charge on any atom is 0.274 e. The summed E-state index contributed by atoms with van der Waals surface area (Å²) in [5.74, 6) is -0.124. The van der Waals surface area contributed by atoms with Gasteiger partial charge in [-0.1, -0.05) is 24.6 Å². The van der Waals surface area contributed by atoms with E-state index < -0.39 is 10.3 Å². The Morgan fingerprint density at radius 2 is 2.25 bits per heavy atom. The van der Waals surface area contributed by atoms with Gasteiger partial charge in [0, 0.05) is 24.2 Å². The second-order valence-electron chi connectivity index (χ2n) is 5.48. The third-order valence-electron chi connectivity index (χ3n) is 4.18. The minimum Gasteiger partial charge on any atom is -0.351 e. The van der Waals surface area contributed by atoms with E-state index in [-0.39, 0.29) is 24.2 Å². The molecule has 0 spiro atoms. The zero-order chi connectivity index (χ0) is 14.8. The number of nitro groups is 1. The fourth-order valence-electron chi connectivity index (χ4n) is 2.69. The van der Waals surface area contributed by atoms with E-state index in [4.69, 9.17) is 5.73 Å². The van der Waals surface area contributed by atoms with Gasteiger partial charge in [-0.2, -0.15) is 0 Å². The quantitative estimate of drug-likeness (QED) is 0.646. The number of hydrogen-bond acceptors (Lipinski definition) is 4. The molecule has 1 aromatic carbocycles. The second kappa shape index (κ2) is 5.58. The molecule has 0 aromatic heterocycles. The summed E-state index contributed by atoms with van der Waals surface area (Å²) in [7, 11) is 0. The zero-order valence-corrected chi connectivity index (χ0v) is 11.5. The highest BCUT2D eigenvalue weighted by atomic mass is 16.6. The Morgan fingerprint density at radius 3 is 2.85 bits per heavy atom. The number of nitrogens with two attached hydrogens (primary N) is 1. The molecule has 0 aliphatic heterocycles. The van der Waals surface area contributed by atoms with Crippen molar-refractivity contribution in [3.63, 3.8) is 0 Å². The number of hydrogen-bond donors (Lipinski definition) is 2. The van der Waals surface area contributed by atoms with Crippen molar-refractivity contribution in [3.8, 4) is 0 Å². The van der Waals surface area contributed by atoms with Crippen LogP contribution in [0.4, 0.5) is 5.69 Å². The molecule has 1 aromatic rings. The summed E-state index contributed by atoms with van der Waals surface area (Å²) < 4.78 is 0. The number of nitro benzene ring substituents is 1. The lowest BCUT2D eigenvalue weighted by Crippen LogP contribution is -2.47. The van der Waals surface area contributed by atoms with Crippen LogP contribution in [-0.2, 0) is 11.3 Å². The van der Waals surface area contributed by atoms with E-state index in [1.165, 1.54) is 6.07 Å². The molecule has 1 amide bonds. The van der Waals surface area contributed by atoms with Crippen LogP contribution < -0.4 is 11.1 Å². The number of carbonyl (C=O) groups excluding carboxylic acids is 1. The molecule has 6 heteroatoms. The average molecular weight is 277 g/mol. The molecule has 0 saturated heterocycles. The van der Waals surface area contributed by atoms with Crippen LogP contribution in [0.25, 0.3) is 0 Å². The SMILES string of the molecule is CC1(C(=O)NCc2ccccc2[N+](=O)[O-])CCCC1N. The van der Waals surface area contributed by atoms with Gasteiger partial charge in [-0.25, -0.2) is 0 Å². The standard InChI is InChI=1S/C14H19N3O3/c1-14(8-4-7-12(14)15)13(18)16-9-10-5-2-3-6-11(10)17(19)20/h2-3,5-6,12H,4,7-9,15H2,1H3,(H,16,18). The summed E-state index contributed by atoms with van der Waals surface area (Å²) in [6.45, 7) is 2.01. The molecule has 3 N–H and O–H groups in total. The number of rotatable bonds is 4. The van der Waals surface area contributed by atoms with Crippen LogP contribution in [0, 0.1) is 15.5 Å².